The van der Waals surface area contributed by atoms with Crippen molar-refractivity contribution in [3.05, 3.63) is 40.5 Å². The number of hydrogen-bond acceptors (Lipinski definition) is 2. The van der Waals surface area contributed by atoms with Gasteiger partial charge in [0.25, 0.3) is 10.1 Å². The molecule has 96 valence electrons. The molecule has 0 fully saturated rings. The molecule has 0 heterocycles. The van der Waals surface area contributed by atoms with Crippen LogP contribution in [0, 0.1) is 27.7 Å². The van der Waals surface area contributed by atoms with Gasteiger partial charge in [0.05, 0.1) is 4.90 Å². The molecule has 0 spiro atoms. The summed E-state index contributed by atoms with van der Waals surface area (Å²) >= 11 is 0. The molecule has 2 aromatic carbocycles. The van der Waals surface area contributed by atoms with E-state index in [0.29, 0.717) is 5.56 Å². The van der Waals surface area contributed by atoms with E-state index in [1.165, 1.54) is 5.56 Å². The Hall–Kier alpha value is -1.39. The normalized spacial score (nSPS) is 12.1. The van der Waals surface area contributed by atoms with E-state index in [-0.39, 0.29) is 4.90 Å². The van der Waals surface area contributed by atoms with E-state index in [4.69, 9.17) is 0 Å². The molecule has 0 aliphatic heterocycles. The first-order chi connectivity index (χ1) is 8.21. The molecule has 18 heavy (non-hydrogen) atoms. The average Bonchev–Trinajstić information content (AvgIpc) is 2.25. The third kappa shape index (κ3) is 2.02. The highest BCUT2D eigenvalue weighted by atomic mass is 32.2. The largest absolute Gasteiger partial charge is 0.294 e. The molecule has 2 aromatic rings. The first-order valence-corrected chi connectivity index (χ1v) is 7.14. The molecule has 2 rings (SSSR count). The monoisotopic (exact) mass is 264 g/mol. The molecule has 3 nitrogen and oxygen atoms in total. The molecule has 1 N–H and O–H groups in total. The van der Waals surface area contributed by atoms with Crippen molar-refractivity contribution in [2.24, 2.45) is 0 Å². The fourth-order valence-corrected chi connectivity index (χ4v) is 3.00. The number of fused-ring (bicyclic) bond motifs is 1. The minimum atomic E-state index is -4.17. The van der Waals surface area contributed by atoms with Gasteiger partial charge in [-0.2, -0.15) is 8.42 Å². The SMILES string of the molecule is Cc1cc2cc(S(=O)(=O)O)c(C)c(C)c2cc1C. The van der Waals surface area contributed by atoms with Gasteiger partial charge >= 0.3 is 0 Å². The van der Waals surface area contributed by atoms with Gasteiger partial charge in [-0.05, 0) is 66.8 Å². The van der Waals surface area contributed by atoms with Gasteiger partial charge in [-0.3, -0.25) is 4.55 Å². The van der Waals surface area contributed by atoms with E-state index in [0.717, 1.165) is 21.9 Å². The molecule has 0 radical (unpaired) electrons. The molecule has 0 aromatic heterocycles. The molecule has 0 saturated carbocycles. The van der Waals surface area contributed by atoms with Crippen molar-refractivity contribution in [3.63, 3.8) is 0 Å². The van der Waals surface area contributed by atoms with Crippen molar-refractivity contribution in [2.45, 2.75) is 32.6 Å². The van der Waals surface area contributed by atoms with Crippen LogP contribution in [0.4, 0.5) is 0 Å². The van der Waals surface area contributed by atoms with E-state index in [1.807, 2.05) is 26.8 Å². The summed E-state index contributed by atoms with van der Waals surface area (Å²) in [6, 6.07) is 5.55. The maximum absolute atomic E-state index is 11.4. The van der Waals surface area contributed by atoms with E-state index >= 15 is 0 Å². The first kappa shape index (κ1) is 13.1. The lowest BCUT2D eigenvalue weighted by molar-refractivity contribution is 0.482. The van der Waals surface area contributed by atoms with Gasteiger partial charge in [-0.25, -0.2) is 0 Å². The second-order valence-corrected chi connectivity index (χ2v) is 6.15. The van der Waals surface area contributed by atoms with E-state index in [2.05, 4.69) is 6.07 Å². The zero-order valence-electron chi connectivity index (χ0n) is 10.9. The molecule has 4 heteroatoms. The Labute approximate surface area is 107 Å². The molecular weight excluding hydrogens is 248 g/mol. The third-order valence-electron chi connectivity index (χ3n) is 3.57. The molecule has 0 bridgehead atoms. The van der Waals surface area contributed by atoms with Gasteiger partial charge in [-0.1, -0.05) is 12.1 Å². The lowest BCUT2D eigenvalue weighted by atomic mass is 9.97. The Morgan fingerprint density at radius 3 is 2.00 bits per heavy atom. The fraction of sp³-hybridized carbons (Fsp3) is 0.286. The summed E-state index contributed by atoms with van der Waals surface area (Å²) in [5, 5.41) is 1.87. The number of aryl methyl sites for hydroxylation is 3. The van der Waals surface area contributed by atoms with Crippen molar-refractivity contribution < 1.29 is 13.0 Å². The van der Waals surface area contributed by atoms with Crippen molar-refractivity contribution in [1.82, 2.24) is 0 Å². The zero-order valence-corrected chi connectivity index (χ0v) is 11.7. The predicted molar refractivity (Wildman–Crippen MR) is 72.7 cm³/mol. The molecule has 0 unspecified atom stereocenters. The number of rotatable bonds is 1. The molecule has 0 amide bonds. The lowest BCUT2D eigenvalue weighted by Gasteiger charge is -2.12. The van der Waals surface area contributed by atoms with Gasteiger partial charge in [-0.15, -0.1) is 0 Å². The Bertz CT molecular complexity index is 743. The molecule has 0 aliphatic rings. The highest BCUT2D eigenvalue weighted by molar-refractivity contribution is 7.85. The minimum Gasteiger partial charge on any atom is -0.282 e. The van der Waals surface area contributed by atoms with Crippen molar-refractivity contribution >= 4 is 20.9 Å². The van der Waals surface area contributed by atoms with Crippen LogP contribution in [0.15, 0.2) is 23.1 Å². The van der Waals surface area contributed by atoms with Crippen LogP contribution < -0.4 is 0 Å². The molecule has 0 saturated heterocycles. The van der Waals surface area contributed by atoms with Gasteiger partial charge in [0.2, 0.25) is 0 Å². The van der Waals surface area contributed by atoms with Crippen LogP contribution in [0.1, 0.15) is 22.3 Å². The van der Waals surface area contributed by atoms with Crippen LogP contribution in [0.3, 0.4) is 0 Å². The quantitative estimate of drug-likeness (QED) is 0.804. The van der Waals surface area contributed by atoms with Gasteiger partial charge in [0.15, 0.2) is 0 Å². The average molecular weight is 264 g/mol. The van der Waals surface area contributed by atoms with Crippen LogP contribution in [-0.2, 0) is 10.1 Å². The molecular formula is C14H16O3S. The summed E-state index contributed by atoms with van der Waals surface area (Å²) in [5.41, 5.74) is 3.77. The topological polar surface area (TPSA) is 54.4 Å². The molecule has 0 atom stereocenters. The predicted octanol–water partition coefficient (Wildman–Crippen LogP) is 3.32. The highest BCUT2D eigenvalue weighted by Crippen LogP contribution is 2.29. The summed E-state index contributed by atoms with van der Waals surface area (Å²) in [7, 11) is -4.17. The zero-order chi connectivity index (χ0) is 13.7. The van der Waals surface area contributed by atoms with Crippen LogP contribution in [0.2, 0.25) is 0 Å². The summed E-state index contributed by atoms with van der Waals surface area (Å²) in [5.74, 6) is 0. The van der Waals surface area contributed by atoms with Crippen molar-refractivity contribution in [1.29, 1.82) is 0 Å². The summed E-state index contributed by atoms with van der Waals surface area (Å²) in [4.78, 5) is -0.00393. The number of benzene rings is 2. The Morgan fingerprint density at radius 1 is 0.889 bits per heavy atom. The summed E-state index contributed by atoms with van der Waals surface area (Å²) < 4.78 is 32.0. The standard InChI is InChI=1S/C14H16O3S/c1-8-5-12-7-14(18(15,16)17)11(4)10(3)13(12)6-9(8)2/h5-7H,1-4H3,(H,15,16,17). The molecule has 0 aliphatic carbocycles. The maximum atomic E-state index is 11.4. The van der Waals surface area contributed by atoms with Crippen molar-refractivity contribution in [3.8, 4) is 0 Å². The van der Waals surface area contributed by atoms with Crippen LogP contribution in [-0.4, -0.2) is 13.0 Å². The second-order valence-electron chi connectivity index (χ2n) is 4.76. The van der Waals surface area contributed by atoms with Crippen molar-refractivity contribution in [2.75, 3.05) is 0 Å². The third-order valence-corrected chi connectivity index (χ3v) is 4.55. The first-order valence-electron chi connectivity index (χ1n) is 5.70. The van der Waals surface area contributed by atoms with Gasteiger partial charge < -0.3 is 0 Å². The van der Waals surface area contributed by atoms with Gasteiger partial charge in [0, 0.05) is 0 Å². The Morgan fingerprint density at radius 2 is 1.44 bits per heavy atom. The van der Waals surface area contributed by atoms with Gasteiger partial charge in [0.1, 0.15) is 0 Å². The van der Waals surface area contributed by atoms with Crippen LogP contribution in [0.25, 0.3) is 10.8 Å². The minimum absolute atomic E-state index is 0.00393. The fourth-order valence-electron chi connectivity index (χ4n) is 2.19. The second kappa shape index (κ2) is 4.07. The highest BCUT2D eigenvalue weighted by Gasteiger charge is 2.17. The Balaban J connectivity index is 2.97. The summed E-state index contributed by atoms with van der Waals surface area (Å²) in [6.07, 6.45) is 0. The summed E-state index contributed by atoms with van der Waals surface area (Å²) in [6.45, 7) is 7.60. The van der Waals surface area contributed by atoms with E-state index in [9.17, 15) is 13.0 Å². The Kier molecular flexibility index (Phi) is 2.95. The van der Waals surface area contributed by atoms with E-state index < -0.39 is 10.1 Å². The number of hydrogen-bond donors (Lipinski definition) is 1. The van der Waals surface area contributed by atoms with E-state index in [1.54, 1.807) is 13.0 Å². The maximum Gasteiger partial charge on any atom is 0.294 e. The lowest BCUT2D eigenvalue weighted by Crippen LogP contribution is -2.03. The smallest absolute Gasteiger partial charge is 0.282 e. The van der Waals surface area contributed by atoms with Crippen LogP contribution >= 0.6 is 0 Å². The van der Waals surface area contributed by atoms with Crippen LogP contribution in [0.5, 0.6) is 0 Å².